The van der Waals surface area contributed by atoms with Crippen molar-refractivity contribution < 1.29 is 22.5 Å². The summed E-state index contributed by atoms with van der Waals surface area (Å²) >= 11 is -1.54. The van der Waals surface area contributed by atoms with Gasteiger partial charge < -0.3 is 10.3 Å². The second-order valence-electron chi connectivity index (χ2n) is 8.53. The van der Waals surface area contributed by atoms with Gasteiger partial charge in [0.25, 0.3) is 5.91 Å². The maximum absolute atomic E-state index is 14.0. The van der Waals surface area contributed by atoms with E-state index in [4.69, 9.17) is 5.73 Å². The summed E-state index contributed by atoms with van der Waals surface area (Å²) in [6, 6.07) is 9.74. The summed E-state index contributed by atoms with van der Waals surface area (Å²) < 4.78 is 57.0. The number of benzene rings is 2. The predicted octanol–water partition coefficient (Wildman–Crippen LogP) is 4.60. The number of nitrogens with one attached hydrogen (secondary N) is 1. The lowest BCUT2D eigenvalue weighted by Crippen LogP contribution is -2.42. The summed E-state index contributed by atoms with van der Waals surface area (Å²) in [6.07, 6.45) is 1.60. The van der Waals surface area contributed by atoms with Crippen LogP contribution in [0.4, 0.5) is 13.2 Å². The van der Waals surface area contributed by atoms with Crippen LogP contribution in [0.5, 0.6) is 0 Å². The fourth-order valence-corrected chi connectivity index (χ4v) is 4.09. The van der Waals surface area contributed by atoms with Crippen molar-refractivity contribution in [3.8, 4) is 11.1 Å². The van der Waals surface area contributed by atoms with Gasteiger partial charge in [-0.3, -0.25) is 9.78 Å². The number of amides is 1. The lowest BCUT2D eigenvalue weighted by atomic mass is 9.95. The van der Waals surface area contributed by atoms with E-state index in [1.54, 1.807) is 32.9 Å². The molecule has 0 aliphatic heterocycles. The van der Waals surface area contributed by atoms with Crippen LogP contribution in [0.2, 0.25) is 0 Å². The lowest BCUT2D eigenvalue weighted by Gasteiger charge is -2.28. The van der Waals surface area contributed by atoms with Crippen LogP contribution in [0, 0.1) is 17.5 Å². The zero-order valence-electron chi connectivity index (χ0n) is 18.4. The van der Waals surface area contributed by atoms with E-state index < -0.39 is 45.5 Å². The topological polar surface area (TPSA) is 91.1 Å². The molecule has 3 N–H and O–H groups in total. The molecular weight excluding hydrogens is 451 g/mol. The molecule has 0 saturated carbocycles. The number of carbonyl (C=O) groups is 1. The third-order valence-corrected chi connectivity index (χ3v) is 6.49. The SMILES string of the molecule is CC(C)(C)[S+]([O-])N[C@@H](Cc1cc(F)cc(F)c1)c1ncccc1-c1ccc(F)c(C(N)=O)c1. The minimum absolute atomic E-state index is 0.0738. The Bertz CT molecular complexity index is 1150. The number of primary amides is 1. The number of hydrogen-bond acceptors (Lipinski definition) is 4. The van der Waals surface area contributed by atoms with Gasteiger partial charge in [-0.15, -0.1) is 4.72 Å². The molecule has 0 bridgehead atoms. The molecule has 1 aromatic heterocycles. The van der Waals surface area contributed by atoms with Gasteiger partial charge in [-0.05, 0) is 68.7 Å². The van der Waals surface area contributed by atoms with Crippen molar-refractivity contribution >= 4 is 17.3 Å². The van der Waals surface area contributed by atoms with Gasteiger partial charge in [-0.25, -0.2) is 13.2 Å². The van der Waals surface area contributed by atoms with Crippen molar-refractivity contribution in [2.75, 3.05) is 0 Å². The van der Waals surface area contributed by atoms with E-state index in [0.717, 1.165) is 12.1 Å². The van der Waals surface area contributed by atoms with E-state index in [1.807, 2.05) is 0 Å². The highest BCUT2D eigenvalue weighted by Gasteiger charge is 2.32. The zero-order chi connectivity index (χ0) is 24.3. The number of aromatic nitrogens is 1. The molecule has 1 unspecified atom stereocenters. The molecule has 33 heavy (non-hydrogen) atoms. The Kier molecular flexibility index (Phi) is 7.46. The van der Waals surface area contributed by atoms with Crippen LogP contribution in [0.25, 0.3) is 11.1 Å². The number of nitrogens with zero attached hydrogens (tertiary/aromatic N) is 1. The van der Waals surface area contributed by atoms with Crippen LogP contribution in [0.1, 0.15) is 48.4 Å². The highest BCUT2D eigenvalue weighted by atomic mass is 32.2. The number of rotatable bonds is 7. The average molecular weight is 476 g/mol. The fourth-order valence-electron chi connectivity index (χ4n) is 3.29. The van der Waals surface area contributed by atoms with Gasteiger partial charge in [0.05, 0.1) is 17.3 Å². The Morgan fingerprint density at radius 2 is 1.79 bits per heavy atom. The Morgan fingerprint density at radius 1 is 1.12 bits per heavy atom. The van der Waals surface area contributed by atoms with E-state index in [-0.39, 0.29) is 12.0 Å². The quantitative estimate of drug-likeness (QED) is 0.489. The highest BCUT2D eigenvalue weighted by molar-refractivity contribution is 7.90. The first-order valence-electron chi connectivity index (χ1n) is 10.1. The number of nitrogens with two attached hydrogens (primary N) is 1. The third-order valence-electron chi connectivity index (χ3n) is 4.88. The minimum atomic E-state index is -1.54. The summed E-state index contributed by atoms with van der Waals surface area (Å²) in [7, 11) is 0. The number of carbonyl (C=O) groups excluding carboxylic acids is 1. The minimum Gasteiger partial charge on any atom is -0.598 e. The summed E-state index contributed by atoms with van der Waals surface area (Å²) in [4.78, 5) is 16.1. The summed E-state index contributed by atoms with van der Waals surface area (Å²) in [6.45, 7) is 5.36. The van der Waals surface area contributed by atoms with Gasteiger partial charge in [0.1, 0.15) is 22.2 Å². The molecule has 9 heteroatoms. The third kappa shape index (κ3) is 6.13. The number of halogens is 3. The largest absolute Gasteiger partial charge is 0.598 e. The van der Waals surface area contributed by atoms with Crippen LogP contribution in [0.3, 0.4) is 0 Å². The van der Waals surface area contributed by atoms with Crippen molar-refractivity contribution in [2.24, 2.45) is 5.73 Å². The molecule has 1 heterocycles. The molecule has 0 saturated heterocycles. The van der Waals surface area contributed by atoms with Gasteiger partial charge in [0.2, 0.25) is 0 Å². The smallest absolute Gasteiger partial charge is 0.251 e. The number of pyridine rings is 1. The molecule has 3 aromatic rings. The first-order chi connectivity index (χ1) is 15.5. The van der Waals surface area contributed by atoms with Crippen molar-refractivity contribution in [1.29, 1.82) is 0 Å². The first kappa shape index (κ1) is 24.8. The molecule has 2 atom stereocenters. The maximum atomic E-state index is 14.0. The molecule has 0 radical (unpaired) electrons. The second kappa shape index (κ2) is 9.94. The number of hydrogen-bond donors (Lipinski definition) is 2. The lowest BCUT2D eigenvalue weighted by molar-refractivity contribution is 0.0996. The van der Waals surface area contributed by atoms with Crippen molar-refractivity contribution in [1.82, 2.24) is 9.71 Å². The van der Waals surface area contributed by atoms with Crippen molar-refractivity contribution in [3.63, 3.8) is 0 Å². The van der Waals surface area contributed by atoms with Crippen LogP contribution in [-0.2, 0) is 17.8 Å². The van der Waals surface area contributed by atoms with E-state index in [0.29, 0.717) is 22.4 Å². The zero-order valence-corrected chi connectivity index (χ0v) is 19.2. The van der Waals surface area contributed by atoms with Crippen LogP contribution < -0.4 is 10.5 Å². The van der Waals surface area contributed by atoms with Crippen LogP contribution in [0.15, 0.2) is 54.7 Å². The molecule has 5 nitrogen and oxygen atoms in total. The van der Waals surface area contributed by atoms with Gasteiger partial charge in [0.15, 0.2) is 0 Å². The maximum Gasteiger partial charge on any atom is 0.251 e. The molecule has 0 spiro atoms. The fraction of sp³-hybridized carbons (Fsp3) is 0.250. The standard InChI is InChI=1S/C24H24F3N3O2S/c1-24(2,3)33(32)30-21(11-14-9-16(25)13-17(26)10-14)22-18(5-4-8-29-22)15-6-7-20(27)19(12-15)23(28)31/h4-10,12-13,21,30H,11H2,1-3H3,(H2,28,31)/t21-,33?/m0/s1. The van der Waals surface area contributed by atoms with Gasteiger partial charge >= 0.3 is 0 Å². The van der Waals surface area contributed by atoms with E-state index in [2.05, 4.69) is 9.71 Å². The normalized spacial score (nSPS) is 13.5. The molecule has 2 aromatic carbocycles. The Hall–Kier alpha value is -2.88. The first-order valence-corrected chi connectivity index (χ1v) is 11.3. The summed E-state index contributed by atoms with van der Waals surface area (Å²) in [5, 5.41) is 0. The van der Waals surface area contributed by atoms with Gasteiger partial charge in [0, 0.05) is 29.2 Å². The highest BCUT2D eigenvalue weighted by Crippen LogP contribution is 2.31. The Morgan fingerprint density at radius 3 is 2.39 bits per heavy atom. The monoisotopic (exact) mass is 475 g/mol. The van der Waals surface area contributed by atoms with Gasteiger partial charge in [-0.2, -0.15) is 0 Å². The molecule has 0 aliphatic carbocycles. The summed E-state index contributed by atoms with van der Waals surface area (Å²) in [5.74, 6) is -3.13. The Balaban J connectivity index is 2.11. The van der Waals surface area contributed by atoms with E-state index in [1.165, 1.54) is 30.5 Å². The second-order valence-corrected chi connectivity index (χ2v) is 10.5. The van der Waals surface area contributed by atoms with Gasteiger partial charge in [-0.1, -0.05) is 12.1 Å². The van der Waals surface area contributed by atoms with Crippen LogP contribution in [-0.4, -0.2) is 20.2 Å². The molecule has 0 aliphatic rings. The average Bonchev–Trinajstić information content (AvgIpc) is 2.72. The summed E-state index contributed by atoms with van der Waals surface area (Å²) in [5.41, 5.74) is 6.75. The molecule has 3 rings (SSSR count). The van der Waals surface area contributed by atoms with E-state index >= 15 is 0 Å². The van der Waals surface area contributed by atoms with Crippen LogP contribution >= 0.6 is 0 Å². The van der Waals surface area contributed by atoms with Crippen molar-refractivity contribution in [2.45, 2.75) is 38.0 Å². The molecule has 174 valence electrons. The predicted molar refractivity (Wildman–Crippen MR) is 122 cm³/mol. The van der Waals surface area contributed by atoms with Crippen molar-refractivity contribution in [3.05, 3.63) is 89.0 Å². The molecule has 0 fully saturated rings. The molecular formula is C24H24F3N3O2S. The molecule has 1 amide bonds. The Labute approximate surface area is 193 Å². The van der Waals surface area contributed by atoms with E-state index in [9.17, 15) is 22.5 Å².